The van der Waals surface area contributed by atoms with Crippen LogP contribution in [0.4, 0.5) is 11.5 Å². The van der Waals surface area contributed by atoms with Gasteiger partial charge in [-0.3, -0.25) is 4.98 Å². The molecule has 0 saturated carbocycles. The highest BCUT2D eigenvalue weighted by molar-refractivity contribution is 5.97. The van der Waals surface area contributed by atoms with Crippen molar-refractivity contribution >= 4 is 17.3 Å². The number of aryl methyl sites for hydroxylation is 2. The molecule has 1 aromatic carbocycles. The summed E-state index contributed by atoms with van der Waals surface area (Å²) in [5.41, 5.74) is 8.84. The molecule has 6 heteroatoms. The number of nitrogens with zero attached hydrogens (tertiary/aromatic N) is 4. The maximum Gasteiger partial charge on any atom is 0.170 e. The molecular formula is C14H17N5O. The van der Waals surface area contributed by atoms with Gasteiger partial charge < -0.3 is 15.8 Å². The van der Waals surface area contributed by atoms with E-state index in [2.05, 4.69) is 15.1 Å². The summed E-state index contributed by atoms with van der Waals surface area (Å²) in [5.74, 6) is 0.856. The van der Waals surface area contributed by atoms with Crippen LogP contribution in [0.2, 0.25) is 0 Å². The van der Waals surface area contributed by atoms with E-state index in [0.717, 1.165) is 22.9 Å². The van der Waals surface area contributed by atoms with E-state index >= 15 is 0 Å². The molecule has 0 fully saturated rings. The number of rotatable bonds is 3. The van der Waals surface area contributed by atoms with Crippen LogP contribution < -0.4 is 10.6 Å². The van der Waals surface area contributed by atoms with Gasteiger partial charge in [-0.2, -0.15) is 0 Å². The molecule has 1 aromatic heterocycles. The average molecular weight is 271 g/mol. The van der Waals surface area contributed by atoms with Gasteiger partial charge in [-0.05, 0) is 26.0 Å². The molecule has 0 spiro atoms. The number of oxime groups is 1. The van der Waals surface area contributed by atoms with Crippen molar-refractivity contribution in [2.75, 3.05) is 11.9 Å². The monoisotopic (exact) mass is 271 g/mol. The molecule has 20 heavy (non-hydrogen) atoms. The first kappa shape index (κ1) is 13.8. The molecule has 104 valence electrons. The van der Waals surface area contributed by atoms with Crippen LogP contribution >= 0.6 is 0 Å². The van der Waals surface area contributed by atoms with Crippen molar-refractivity contribution in [1.29, 1.82) is 0 Å². The maximum absolute atomic E-state index is 8.74. The molecule has 2 aromatic rings. The number of hydrogen-bond donors (Lipinski definition) is 2. The lowest BCUT2D eigenvalue weighted by Crippen LogP contribution is -2.17. The van der Waals surface area contributed by atoms with Gasteiger partial charge in [-0.1, -0.05) is 17.3 Å². The third kappa shape index (κ3) is 2.69. The summed E-state index contributed by atoms with van der Waals surface area (Å²) >= 11 is 0. The highest BCUT2D eigenvalue weighted by atomic mass is 16.4. The Balaban J connectivity index is 2.43. The topological polar surface area (TPSA) is 87.6 Å². The number of amidine groups is 1. The SMILES string of the molecule is Cc1cnc(C)c(N(C)c2cccc(C(N)=NO)c2)n1. The van der Waals surface area contributed by atoms with Crippen molar-refractivity contribution < 1.29 is 5.21 Å². The summed E-state index contributed by atoms with van der Waals surface area (Å²) in [4.78, 5) is 10.7. The Morgan fingerprint density at radius 3 is 2.80 bits per heavy atom. The number of anilines is 2. The molecule has 1 heterocycles. The molecule has 6 nitrogen and oxygen atoms in total. The molecule has 0 aliphatic carbocycles. The molecule has 0 aliphatic rings. The van der Waals surface area contributed by atoms with Crippen LogP contribution in [0.1, 0.15) is 17.0 Å². The first-order chi connectivity index (χ1) is 9.52. The maximum atomic E-state index is 8.74. The van der Waals surface area contributed by atoms with E-state index in [1.165, 1.54) is 0 Å². The summed E-state index contributed by atoms with van der Waals surface area (Å²) in [6, 6.07) is 7.38. The van der Waals surface area contributed by atoms with E-state index in [1.54, 1.807) is 12.3 Å². The largest absolute Gasteiger partial charge is 0.409 e. The fourth-order valence-corrected chi connectivity index (χ4v) is 1.90. The Kier molecular flexibility index (Phi) is 3.84. The second-order valence-corrected chi connectivity index (χ2v) is 4.51. The van der Waals surface area contributed by atoms with Gasteiger partial charge in [-0.15, -0.1) is 0 Å². The fraction of sp³-hybridized carbons (Fsp3) is 0.214. The Labute approximate surface area is 117 Å². The van der Waals surface area contributed by atoms with E-state index in [0.29, 0.717) is 5.56 Å². The number of hydrogen-bond acceptors (Lipinski definition) is 5. The zero-order valence-electron chi connectivity index (χ0n) is 11.7. The zero-order valence-corrected chi connectivity index (χ0v) is 11.7. The van der Waals surface area contributed by atoms with Gasteiger partial charge in [0.05, 0.1) is 11.4 Å². The quantitative estimate of drug-likeness (QED) is 0.385. The van der Waals surface area contributed by atoms with E-state index in [-0.39, 0.29) is 5.84 Å². The molecule has 2 rings (SSSR count). The average Bonchev–Trinajstić information content (AvgIpc) is 2.48. The predicted octanol–water partition coefficient (Wildman–Crippen LogP) is 1.96. The molecular weight excluding hydrogens is 254 g/mol. The number of nitrogens with two attached hydrogens (primary N) is 1. The Morgan fingerprint density at radius 1 is 1.35 bits per heavy atom. The summed E-state index contributed by atoms with van der Waals surface area (Å²) in [7, 11) is 1.90. The lowest BCUT2D eigenvalue weighted by molar-refractivity contribution is 0.318. The first-order valence-electron chi connectivity index (χ1n) is 6.15. The van der Waals surface area contributed by atoms with Crippen molar-refractivity contribution in [3.05, 3.63) is 47.4 Å². The molecule has 3 N–H and O–H groups in total. The van der Waals surface area contributed by atoms with Crippen molar-refractivity contribution in [2.45, 2.75) is 13.8 Å². The molecule has 0 atom stereocenters. The van der Waals surface area contributed by atoms with Gasteiger partial charge in [0.25, 0.3) is 0 Å². The van der Waals surface area contributed by atoms with Gasteiger partial charge in [0.15, 0.2) is 11.7 Å². The minimum absolute atomic E-state index is 0.0762. The van der Waals surface area contributed by atoms with Crippen molar-refractivity contribution in [3.63, 3.8) is 0 Å². The third-order valence-corrected chi connectivity index (χ3v) is 3.01. The van der Waals surface area contributed by atoms with Crippen molar-refractivity contribution in [2.24, 2.45) is 10.9 Å². The number of benzene rings is 1. The summed E-state index contributed by atoms with van der Waals surface area (Å²) in [5, 5.41) is 11.8. The Bertz CT molecular complexity index is 654. The van der Waals surface area contributed by atoms with Crippen LogP contribution in [-0.2, 0) is 0 Å². The van der Waals surface area contributed by atoms with Gasteiger partial charge >= 0.3 is 0 Å². The molecule has 0 radical (unpaired) electrons. The Morgan fingerprint density at radius 2 is 2.10 bits per heavy atom. The second kappa shape index (κ2) is 5.56. The summed E-state index contributed by atoms with van der Waals surface area (Å²) in [6.45, 7) is 3.81. The standard InChI is InChI=1S/C14H17N5O/c1-9-8-16-10(2)14(17-9)19(3)12-6-4-5-11(7-12)13(15)18-20/h4-8,20H,1-3H3,(H2,15,18). The smallest absolute Gasteiger partial charge is 0.170 e. The lowest BCUT2D eigenvalue weighted by atomic mass is 10.1. The minimum Gasteiger partial charge on any atom is -0.409 e. The van der Waals surface area contributed by atoms with Crippen LogP contribution in [0, 0.1) is 13.8 Å². The fourth-order valence-electron chi connectivity index (χ4n) is 1.90. The van der Waals surface area contributed by atoms with Crippen LogP contribution in [0.3, 0.4) is 0 Å². The first-order valence-corrected chi connectivity index (χ1v) is 6.15. The van der Waals surface area contributed by atoms with Crippen LogP contribution in [0.25, 0.3) is 0 Å². The highest BCUT2D eigenvalue weighted by Gasteiger charge is 2.11. The third-order valence-electron chi connectivity index (χ3n) is 3.01. The summed E-state index contributed by atoms with van der Waals surface area (Å²) < 4.78 is 0. The van der Waals surface area contributed by atoms with Gasteiger partial charge in [0, 0.05) is 24.5 Å². The van der Waals surface area contributed by atoms with E-state index in [1.807, 2.05) is 44.0 Å². The molecule has 0 aliphatic heterocycles. The number of aromatic nitrogens is 2. The van der Waals surface area contributed by atoms with Crippen LogP contribution in [0.15, 0.2) is 35.6 Å². The minimum atomic E-state index is 0.0762. The highest BCUT2D eigenvalue weighted by Crippen LogP contribution is 2.24. The van der Waals surface area contributed by atoms with E-state index in [4.69, 9.17) is 10.9 Å². The second-order valence-electron chi connectivity index (χ2n) is 4.51. The normalized spacial score (nSPS) is 11.4. The van der Waals surface area contributed by atoms with Gasteiger partial charge in [-0.25, -0.2) is 4.98 Å². The van der Waals surface area contributed by atoms with Crippen molar-refractivity contribution in [1.82, 2.24) is 9.97 Å². The van der Waals surface area contributed by atoms with Gasteiger partial charge in [0.1, 0.15) is 0 Å². The van der Waals surface area contributed by atoms with Gasteiger partial charge in [0.2, 0.25) is 0 Å². The molecule has 0 saturated heterocycles. The lowest BCUT2D eigenvalue weighted by Gasteiger charge is -2.20. The predicted molar refractivity (Wildman–Crippen MR) is 78.5 cm³/mol. The van der Waals surface area contributed by atoms with Crippen LogP contribution in [-0.4, -0.2) is 28.1 Å². The Hall–Kier alpha value is -2.63. The van der Waals surface area contributed by atoms with Crippen LogP contribution in [0.5, 0.6) is 0 Å². The van der Waals surface area contributed by atoms with E-state index < -0.39 is 0 Å². The summed E-state index contributed by atoms with van der Waals surface area (Å²) in [6.07, 6.45) is 1.74. The molecule has 0 amide bonds. The molecule has 0 bridgehead atoms. The van der Waals surface area contributed by atoms with E-state index in [9.17, 15) is 0 Å². The van der Waals surface area contributed by atoms with Crippen molar-refractivity contribution in [3.8, 4) is 0 Å². The zero-order chi connectivity index (χ0) is 14.7. The molecule has 0 unspecified atom stereocenters.